The van der Waals surface area contributed by atoms with Gasteiger partial charge in [0, 0.05) is 20.1 Å². The molecule has 1 saturated heterocycles. The lowest BCUT2D eigenvalue weighted by Crippen LogP contribution is -2.46. The molecule has 0 radical (unpaired) electrons. The zero-order chi connectivity index (χ0) is 27.0. The van der Waals surface area contributed by atoms with Crippen molar-refractivity contribution in [2.75, 3.05) is 6.61 Å². The molecule has 0 unspecified atom stereocenters. The quantitative estimate of drug-likeness (QED) is 0.224. The highest BCUT2D eigenvalue weighted by atomic mass is 35.5. The predicted molar refractivity (Wildman–Crippen MR) is 146 cm³/mol. The molecule has 0 bridgehead atoms. The van der Waals surface area contributed by atoms with Crippen molar-refractivity contribution in [1.82, 2.24) is 19.7 Å². The Hall–Kier alpha value is -1.72. The zero-order valence-electron chi connectivity index (χ0n) is 19.8. The molecule has 38 heavy (non-hydrogen) atoms. The summed E-state index contributed by atoms with van der Waals surface area (Å²) < 4.78 is 19.9. The van der Waals surface area contributed by atoms with E-state index >= 15 is 0 Å². The number of halogens is 5. The van der Waals surface area contributed by atoms with Crippen LogP contribution in [0.5, 0.6) is 0 Å². The summed E-state index contributed by atoms with van der Waals surface area (Å²) in [4.78, 5) is 8.27. The largest absolute Gasteiger partial charge is 0.383 e. The number of ether oxygens (including phenoxy) is 3. The first-order valence-corrected chi connectivity index (χ1v) is 13.3. The monoisotopic (exact) mass is 616 g/mol. The Morgan fingerprint density at radius 3 is 2.29 bits per heavy atom. The SMILES string of the molecule is C[C@@]1(O)[C@H](OCc2ccc(Cl)cc2Cl)[C@@H](COCc2ccc(Cl)cc2Cl)O[C@H]1n1ncc2c(Cl)ncnc21. The molecular formula is C25H21Cl5N4O4. The maximum Gasteiger partial charge on any atom is 0.183 e. The molecule has 13 heteroatoms. The third-order valence-corrected chi connectivity index (χ3v) is 7.75. The topological polar surface area (TPSA) is 91.5 Å². The fourth-order valence-electron chi connectivity index (χ4n) is 4.35. The summed E-state index contributed by atoms with van der Waals surface area (Å²) in [5.74, 6) is 0. The normalized spacial score (nSPS) is 23.4. The Balaban J connectivity index is 1.40. The van der Waals surface area contributed by atoms with Crippen molar-refractivity contribution >= 4 is 69.0 Å². The molecule has 4 atom stereocenters. The van der Waals surface area contributed by atoms with Crippen LogP contribution in [0, 0.1) is 0 Å². The average molecular weight is 619 g/mol. The van der Waals surface area contributed by atoms with Gasteiger partial charge in [-0.2, -0.15) is 5.10 Å². The summed E-state index contributed by atoms with van der Waals surface area (Å²) in [6, 6.07) is 10.3. The molecular weight excluding hydrogens is 598 g/mol. The third kappa shape index (κ3) is 5.61. The molecule has 5 rings (SSSR count). The van der Waals surface area contributed by atoms with Crippen LogP contribution in [0.15, 0.2) is 48.9 Å². The van der Waals surface area contributed by atoms with E-state index in [9.17, 15) is 5.11 Å². The van der Waals surface area contributed by atoms with Gasteiger partial charge in [-0.05, 0) is 42.3 Å². The lowest BCUT2D eigenvalue weighted by molar-refractivity contribution is -0.116. The van der Waals surface area contributed by atoms with Crippen molar-refractivity contribution < 1.29 is 19.3 Å². The molecule has 1 fully saturated rings. The minimum Gasteiger partial charge on any atom is -0.383 e. The van der Waals surface area contributed by atoms with E-state index < -0.39 is 24.0 Å². The molecule has 0 saturated carbocycles. The number of benzene rings is 2. The average Bonchev–Trinajstić information content (AvgIpc) is 3.39. The van der Waals surface area contributed by atoms with E-state index in [2.05, 4.69) is 15.1 Å². The second-order valence-electron chi connectivity index (χ2n) is 8.96. The van der Waals surface area contributed by atoms with Crippen LogP contribution in [-0.4, -0.2) is 49.3 Å². The summed E-state index contributed by atoms with van der Waals surface area (Å²) in [6.07, 6.45) is 0.344. The Morgan fingerprint density at radius 2 is 1.63 bits per heavy atom. The van der Waals surface area contributed by atoms with Crippen molar-refractivity contribution in [2.24, 2.45) is 0 Å². The van der Waals surface area contributed by atoms with Crippen LogP contribution in [0.3, 0.4) is 0 Å². The van der Waals surface area contributed by atoms with Gasteiger partial charge in [-0.1, -0.05) is 70.1 Å². The highest BCUT2D eigenvalue weighted by Gasteiger charge is 2.55. The van der Waals surface area contributed by atoms with Crippen LogP contribution in [-0.2, 0) is 27.4 Å². The molecule has 0 aliphatic carbocycles. The highest BCUT2D eigenvalue weighted by molar-refractivity contribution is 6.35. The summed E-state index contributed by atoms with van der Waals surface area (Å²) >= 11 is 30.9. The third-order valence-electron chi connectivity index (χ3n) is 6.27. The van der Waals surface area contributed by atoms with E-state index in [0.717, 1.165) is 5.56 Å². The van der Waals surface area contributed by atoms with Gasteiger partial charge >= 0.3 is 0 Å². The highest BCUT2D eigenvalue weighted by Crippen LogP contribution is 2.42. The first-order chi connectivity index (χ1) is 18.1. The van der Waals surface area contributed by atoms with Crippen molar-refractivity contribution in [2.45, 2.75) is 44.2 Å². The van der Waals surface area contributed by atoms with Gasteiger partial charge in [0.25, 0.3) is 0 Å². The van der Waals surface area contributed by atoms with Crippen molar-refractivity contribution in [3.05, 3.63) is 85.3 Å². The lowest BCUT2D eigenvalue weighted by Gasteiger charge is -2.30. The summed E-state index contributed by atoms with van der Waals surface area (Å²) in [5.41, 5.74) is 0.310. The number of hydrogen-bond acceptors (Lipinski definition) is 7. The van der Waals surface area contributed by atoms with E-state index in [4.69, 9.17) is 72.2 Å². The van der Waals surface area contributed by atoms with Gasteiger partial charge in [0.15, 0.2) is 11.9 Å². The molecule has 2 aromatic carbocycles. The standard InChI is InChI=1S/C25H21Cl5N4O4/c1-25(35)21(37-10-14-3-5-16(27)7-19(14)29)20(11-36-9-13-2-4-15(26)6-18(13)28)38-24(25)34-23-17(8-33-34)22(30)31-12-32-23/h2-8,12,20-21,24,35H,9-11H2,1H3/t20-,21-,24-,25-/m1/s1. The Morgan fingerprint density at radius 1 is 0.974 bits per heavy atom. The molecule has 2 aromatic heterocycles. The maximum absolute atomic E-state index is 11.7. The Bertz CT molecular complexity index is 1470. The Labute approximate surface area is 243 Å². The summed E-state index contributed by atoms with van der Waals surface area (Å²) in [6.45, 7) is 1.99. The number of aliphatic hydroxyl groups is 1. The van der Waals surface area contributed by atoms with Crippen LogP contribution in [0.25, 0.3) is 11.0 Å². The van der Waals surface area contributed by atoms with Crippen molar-refractivity contribution in [3.8, 4) is 0 Å². The smallest absolute Gasteiger partial charge is 0.183 e. The second-order valence-corrected chi connectivity index (χ2v) is 11.0. The fourth-order valence-corrected chi connectivity index (χ4v) is 5.45. The van der Waals surface area contributed by atoms with E-state index in [1.165, 1.54) is 17.2 Å². The minimum absolute atomic E-state index is 0.0829. The molecule has 0 spiro atoms. The number of hydrogen-bond donors (Lipinski definition) is 1. The van der Waals surface area contributed by atoms with Gasteiger partial charge in [0.2, 0.25) is 0 Å². The van der Waals surface area contributed by atoms with Crippen LogP contribution in [0.2, 0.25) is 25.2 Å². The number of fused-ring (bicyclic) bond motifs is 1. The molecule has 3 heterocycles. The minimum atomic E-state index is -1.55. The van der Waals surface area contributed by atoms with E-state index in [1.807, 2.05) is 0 Å². The Kier molecular flexibility index (Phi) is 8.36. The van der Waals surface area contributed by atoms with Crippen LogP contribution in [0.1, 0.15) is 24.3 Å². The predicted octanol–water partition coefficient (Wildman–Crippen LogP) is 6.54. The van der Waals surface area contributed by atoms with Crippen LogP contribution in [0.4, 0.5) is 0 Å². The number of aromatic nitrogens is 4. The molecule has 4 aromatic rings. The van der Waals surface area contributed by atoms with E-state index in [-0.39, 0.29) is 25.0 Å². The molecule has 200 valence electrons. The summed E-state index contributed by atoms with van der Waals surface area (Å²) in [7, 11) is 0. The van der Waals surface area contributed by atoms with Gasteiger partial charge in [-0.25, -0.2) is 14.6 Å². The van der Waals surface area contributed by atoms with E-state index in [1.54, 1.807) is 43.3 Å². The van der Waals surface area contributed by atoms with Crippen LogP contribution < -0.4 is 0 Å². The molecule has 1 aliphatic heterocycles. The number of rotatable bonds is 8. The van der Waals surface area contributed by atoms with Gasteiger partial charge < -0.3 is 19.3 Å². The molecule has 8 nitrogen and oxygen atoms in total. The van der Waals surface area contributed by atoms with Gasteiger partial charge in [-0.15, -0.1) is 0 Å². The van der Waals surface area contributed by atoms with E-state index in [0.29, 0.717) is 36.7 Å². The van der Waals surface area contributed by atoms with Crippen molar-refractivity contribution in [3.63, 3.8) is 0 Å². The zero-order valence-corrected chi connectivity index (χ0v) is 23.6. The molecule has 1 N–H and O–H groups in total. The molecule has 1 aliphatic rings. The van der Waals surface area contributed by atoms with Crippen molar-refractivity contribution in [1.29, 1.82) is 0 Å². The lowest BCUT2D eigenvalue weighted by atomic mass is 9.96. The van der Waals surface area contributed by atoms with Gasteiger partial charge in [0.1, 0.15) is 29.3 Å². The second kappa shape index (κ2) is 11.4. The maximum atomic E-state index is 11.7. The van der Waals surface area contributed by atoms with Gasteiger partial charge in [-0.3, -0.25) is 0 Å². The van der Waals surface area contributed by atoms with Crippen LogP contribution >= 0.6 is 58.0 Å². The number of nitrogens with zero attached hydrogens (tertiary/aromatic N) is 4. The first kappa shape index (κ1) is 27.8. The molecule has 0 amide bonds. The summed E-state index contributed by atoms with van der Waals surface area (Å²) in [5, 5.41) is 18.8. The fraction of sp³-hybridized carbons (Fsp3) is 0.320. The van der Waals surface area contributed by atoms with Gasteiger partial charge in [0.05, 0.1) is 31.4 Å². The first-order valence-electron chi connectivity index (χ1n) is 11.4.